The summed E-state index contributed by atoms with van der Waals surface area (Å²) in [5.41, 5.74) is 0.615. The summed E-state index contributed by atoms with van der Waals surface area (Å²) in [6.45, 7) is 3.29. The molecule has 0 aromatic heterocycles. The first-order valence-electron chi connectivity index (χ1n) is 7.02. The van der Waals surface area contributed by atoms with Gasteiger partial charge in [0, 0.05) is 31.3 Å². The van der Waals surface area contributed by atoms with Gasteiger partial charge in [0.2, 0.25) is 0 Å². The highest BCUT2D eigenvalue weighted by molar-refractivity contribution is 5.95. The standard InChI is InChI=1S/C14H19N3O4/c1-2-15-14(19)10-5-6-12(13(8-10)17(20)21)16-7-3-4-11(18)9-16/h5-6,8,11,18H,2-4,7,9H2,1H3,(H,15,19). The Hall–Kier alpha value is -2.15. The van der Waals surface area contributed by atoms with E-state index < -0.39 is 11.0 Å². The molecule has 2 rings (SSSR count). The predicted octanol–water partition coefficient (Wildman–Crippen LogP) is 1.31. The van der Waals surface area contributed by atoms with Crippen molar-refractivity contribution in [2.45, 2.75) is 25.9 Å². The number of nitrogens with one attached hydrogen (secondary N) is 1. The zero-order valence-electron chi connectivity index (χ0n) is 11.9. The van der Waals surface area contributed by atoms with E-state index in [0.29, 0.717) is 31.7 Å². The highest BCUT2D eigenvalue weighted by Crippen LogP contribution is 2.31. The Morgan fingerprint density at radius 3 is 2.95 bits per heavy atom. The minimum absolute atomic E-state index is 0.104. The van der Waals surface area contributed by atoms with Gasteiger partial charge in [-0.15, -0.1) is 0 Å². The van der Waals surface area contributed by atoms with Gasteiger partial charge in [0.1, 0.15) is 5.69 Å². The monoisotopic (exact) mass is 293 g/mol. The number of carbonyl (C=O) groups excluding carboxylic acids is 1. The lowest BCUT2D eigenvalue weighted by Gasteiger charge is -2.31. The van der Waals surface area contributed by atoms with E-state index in [9.17, 15) is 20.0 Å². The maximum Gasteiger partial charge on any atom is 0.293 e. The van der Waals surface area contributed by atoms with Gasteiger partial charge in [0.25, 0.3) is 11.6 Å². The second kappa shape index (κ2) is 6.53. The van der Waals surface area contributed by atoms with Crippen LogP contribution < -0.4 is 10.2 Å². The number of nitro groups is 1. The molecule has 0 bridgehead atoms. The summed E-state index contributed by atoms with van der Waals surface area (Å²) in [6, 6.07) is 4.45. The predicted molar refractivity (Wildman–Crippen MR) is 78.6 cm³/mol. The molecule has 1 aromatic rings. The van der Waals surface area contributed by atoms with E-state index in [4.69, 9.17) is 0 Å². The molecule has 1 aliphatic heterocycles. The molecule has 0 spiro atoms. The average Bonchev–Trinajstić information content (AvgIpc) is 2.46. The molecule has 0 saturated carbocycles. The normalized spacial score (nSPS) is 18.4. The number of amides is 1. The molecule has 1 amide bonds. The van der Waals surface area contributed by atoms with Gasteiger partial charge >= 0.3 is 0 Å². The summed E-state index contributed by atoms with van der Waals surface area (Å²) in [6.07, 6.45) is 1.03. The molecule has 0 radical (unpaired) electrons. The number of nitrogens with zero attached hydrogens (tertiary/aromatic N) is 2. The summed E-state index contributed by atoms with van der Waals surface area (Å²) in [4.78, 5) is 24.3. The first-order chi connectivity index (χ1) is 10.0. The van der Waals surface area contributed by atoms with Crippen molar-refractivity contribution in [3.05, 3.63) is 33.9 Å². The van der Waals surface area contributed by atoms with Crippen LogP contribution in [0.1, 0.15) is 30.1 Å². The van der Waals surface area contributed by atoms with Crippen LogP contribution in [0.2, 0.25) is 0 Å². The molecule has 1 atom stereocenters. The van der Waals surface area contributed by atoms with E-state index in [-0.39, 0.29) is 17.2 Å². The number of aliphatic hydroxyl groups excluding tert-OH is 1. The summed E-state index contributed by atoms with van der Waals surface area (Å²) in [7, 11) is 0. The maximum absolute atomic E-state index is 11.8. The van der Waals surface area contributed by atoms with Crippen molar-refractivity contribution in [2.24, 2.45) is 0 Å². The molecule has 0 aliphatic carbocycles. The fraction of sp³-hybridized carbons (Fsp3) is 0.500. The topological polar surface area (TPSA) is 95.7 Å². The Balaban J connectivity index is 2.33. The van der Waals surface area contributed by atoms with Crippen LogP contribution in [0.3, 0.4) is 0 Å². The SMILES string of the molecule is CCNC(=O)c1ccc(N2CCCC(O)C2)c([N+](=O)[O-])c1. The molecule has 7 heteroatoms. The zero-order valence-corrected chi connectivity index (χ0v) is 11.9. The van der Waals surface area contributed by atoms with Crippen LogP contribution in [0.15, 0.2) is 18.2 Å². The van der Waals surface area contributed by atoms with Crippen LogP contribution in [0, 0.1) is 10.1 Å². The number of β-amino-alcohol motifs (C(OH)–C–C–N with tert-alkyl or cyclic N) is 1. The summed E-state index contributed by atoms with van der Waals surface area (Å²) in [5, 5.41) is 23.6. The smallest absolute Gasteiger partial charge is 0.293 e. The Morgan fingerprint density at radius 2 is 2.33 bits per heavy atom. The van der Waals surface area contributed by atoms with Crippen LogP contribution in [0.25, 0.3) is 0 Å². The van der Waals surface area contributed by atoms with Crippen LogP contribution in [0.5, 0.6) is 0 Å². The number of benzene rings is 1. The maximum atomic E-state index is 11.8. The van der Waals surface area contributed by atoms with Gasteiger partial charge in [0.05, 0.1) is 11.0 Å². The Labute approximate surface area is 122 Å². The van der Waals surface area contributed by atoms with Gasteiger partial charge in [-0.2, -0.15) is 0 Å². The number of piperidine rings is 1. The molecule has 2 N–H and O–H groups in total. The van der Waals surface area contributed by atoms with Crippen LogP contribution in [-0.2, 0) is 0 Å². The van der Waals surface area contributed by atoms with Gasteiger partial charge in [-0.1, -0.05) is 0 Å². The van der Waals surface area contributed by atoms with Gasteiger partial charge in [-0.05, 0) is 31.9 Å². The molecule has 7 nitrogen and oxygen atoms in total. The Morgan fingerprint density at radius 1 is 1.57 bits per heavy atom. The van der Waals surface area contributed by atoms with Gasteiger partial charge in [-0.3, -0.25) is 14.9 Å². The molecule has 1 aliphatic rings. The van der Waals surface area contributed by atoms with Crippen molar-refractivity contribution in [1.29, 1.82) is 0 Å². The Bertz CT molecular complexity index is 547. The van der Waals surface area contributed by atoms with E-state index in [1.54, 1.807) is 24.0 Å². The molecule has 1 saturated heterocycles. The fourth-order valence-corrected chi connectivity index (χ4v) is 2.51. The number of hydrogen-bond acceptors (Lipinski definition) is 5. The van der Waals surface area contributed by atoms with E-state index in [0.717, 1.165) is 6.42 Å². The molecule has 1 fully saturated rings. The first-order valence-corrected chi connectivity index (χ1v) is 7.02. The van der Waals surface area contributed by atoms with Crippen molar-refractivity contribution in [2.75, 3.05) is 24.5 Å². The van der Waals surface area contributed by atoms with E-state index in [2.05, 4.69) is 5.32 Å². The average molecular weight is 293 g/mol. The van der Waals surface area contributed by atoms with Crippen molar-refractivity contribution < 1.29 is 14.8 Å². The molecular weight excluding hydrogens is 274 g/mol. The number of hydrogen-bond donors (Lipinski definition) is 2. The second-order valence-electron chi connectivity index (χ2n) is 5.06. The summed E-state index contributed by atoms with van der Waals surface area (Å²) < 4.78 is 0. The quantitative estimate of drug-likeness (QED) is 0.644. The van der Waals surface area contributed by atoms with Crippen molar-refractivity contribution in [3.8, 4) is 0 Å². The second-order valence-corrected chi connectivity index (χ2v) is 5.06. The largest absolute Gasteiger partial charge is 0.391 e. The van der Waals surface area contributed by atoms with Gasteiger partial charge in [0.15, 0.2) is 0 Å². The molecule has 1 aromatic carbocycles. The molecule has 1 unspecified atom stereocenters. The lowest BCUT2D eigenvalue weighted by molar-refractivity contribution is -0.384. The fourth-order valence-electron chi connectivity index (χ4n) is 2.51. The van der Waals surface area contributed by atoms with Gasteiger partial charge < -0.3 is 15.3 Å². The van der Waals surface area contributed by atoms with Crippen molar-refractivity contribution >= 4 is 17.3 Å². The number of carbonyl (C=O) groups is 1. The molecule has 1 heterocycles. The minimum Gasteiger partial charge on any atom is -0.391 e. The van der Waals surface area contributed by atoms with E-state index in [1.807, 2.05) is 0 Å². The highest BCUT2D eigenvalue weighted by Gasteiger charge is 2.25. The Kier molecular flexibility index (Phi) is 4.74. The molecule has 114 valence electrons. The zero-order chi connectivity index (χ0) is 15.4. The number of rotatable bonds is 4. The highest BCUT2D eigenvalue weighted by atomic mass is 16.6. The third kappa shape index (κ3) is 3.49. The third-order valence-electron chi connectivity index (χ3n) is 3.51. The lowest BCUT2D eigenvalue weighted by Crippen LogP contribution is -2.38. The van der Waals surface area contributed by atoms with E-state index >= 15 is 0 Å². The van der Waals surface area contributed by atoms with Crippen molar-refractivity contribution in [1.82, 2.24) is 5.32 Å². The summed E-state index contributed by atoms with van der Waals surface area (Å²) in [5.74, 6) is -0.328. The van der Waals surface area contributed by atoms with Crippen LogP contribution >= 0.6 is 0 Å². The third-order valence-corrected chi connectivity index (χ3v) is 3.51. The van der Waals surface area contributed by atoms with Crippen LogP contribution in [0.4, 0.5) is 11.4 Å². The summed E-state index contributed by atoms with van der Waals surface area (Å²) >= 11 is 0. The molecule has 21 heavy (non-hydrogen) atoms. The minimum atomic E-state index is -0.487. The first kappa shape index (κ1) is 15.2. The van der Waals surface area contributed by atoms with Crippen LogP contribution in [-0.4, -0.2) is 41.7 Å². The lowest BCUT2D eigenvalue weighted by atomic mass is 10.1. The van der Waals surface area contributed by atoms with E-state index in [1.165, 1.54) is 6.07 Å². The molecular formula is C14H19N3O4. The van der Waals surface area contributed by atoms with Crippen molar-refractivity contribution in [3.63, 3.8) is 0 Å². The number of nitro benzene ring substituents is 1. The number of anilines is 1. The number of aliphatic hydroxyl groups is 1. The van der Waals surface area contributed by atoms with Gasteiger partial charge in [-0.25, -0.2) is 0 Å².